The van der Waals surface area contributed by atoms with Gasteiger partial charge < -0.3 is 24.6 Å². The van der Waals surface area contributed by atoms with Crippen molar-refractivity contribution in [3.8, 4) is 5.75 Å². The average Bonchev–Trinajstić information content (AvgIpc) is 2.89. The van der Waals surface area contributed by atoms with Gasteiger partial charge in [0.15, 0.2) is 6.61 Å². The number of aromatic nitrogens is 1. The normalized spacial score (nSPS) is 13.5. The number of rotatable bonds is 8. The molecule has 0 bridgehead atoms. The minimum absolute atomic E-state index is 0.0256. The molecule has 8 nitrogen and oxygen atoms in total. The van der Waals surface area contributed by atoms with Crippen LogP contribution >= 0.6 is 0 Å². The van der Waals surface area contributed by atoms with E-state index < -0.39 is 12.6 Å². The van der Waals surface area contributed by atoms with E-state index in [-0.39, 0.29) is 23.8 Å². The molecule has 0 atom stereocenters. The zero-order chi connectivity index (χ0) is 24.6. The molecule has 10 heteroatoms. The minimum Gasteiger partial charge on any atom is -0.452 e. The molecule has 1 aliphatic heterocycles. The number of piperazine rings is 1. The van der Waals surface area contributed by atoms with Crippen LogP contribution in [-0.2, 0) is 9.53 Å². The van der Waals surface area contributed by atoms with E-state index in [1.165, 1.54) is 12.1 Å². The predicted molar refractivity (Wildman–Crippen MR) is 126 cm³/mol. The summed E-state index contributed by atoms with van der Waals surface area (Å²) >= 11 is 0. The van der Waals surface area contributed by atoms with Crippen molar-refractivity contribution in [3.63, 3.8) is 0 Å². The maximum absolute atomic E-state index is 12.7. The number of carbonyl (C=O) groups is 2. The van der Waals surface area contributed by atoms with Crippen molar-refractivity contribution in [1.29, 1.82) is 0 Å². The number of amides is 1. The van der Waals surface area contributed by atoms with Crippen molar-refractivity contribution >= 4 is 29.1 Å². The van der Waals surface area contributed by atoms with E-state index in [1.807, 2.05) is 18.2 Å². The Morgan fingerprint density at radius 2 is 1.66 bits per heavy atom. The molecule has 1 aromatic heterocycles. The van der Waals surface area contributed by atoms with Crippen molar-refractivity contribution in [3.05, 3.63) is 78.5 Å². The molecule has 2 heterocycles. The van der Waals surface area contributed by atoms with E-state index in [9.17, 15) is 18.4 Å². The van der Waals surface area contributed by atoms with Gasteiger partial charge in [-0.3, -0.25) is 4.79 Å². The van der Waals surface area contributed by atoms with E-state index in [1.54, 1.807) is 47.5 Å². The number of pyridine rings is 1. The lowest BCUT2D eigenvalue weighted by atomic mass is 10.1. The minimum atomic E-state index is -2.91. The van der Waals surface area contributed by atoms with Crippen LogP contribution in [0.2, 0.25) is 0 Å². The lowest BCUT2D eigenvalue weighted by Gasteiger charge is -2.35. The van der Waals surface area contributed by atoms with Gasteiger partial charge >= 0.3 is 12.6 Å². The van der Waals surface area contributed by atoms with Crippen LogP contribution in [0, 0.1) is 0 Å². The number of anilines is 3. The molecule has 182 valence electrons. The summed E-state index contributed by atoms with van der Waals surface area (Å²) in [4.78, 5) is 33.4. The van der Waals surface area contributed by atoms with Gasteiger partial charge in [-0.1, -0.05) is 18.2 Å². The number of nitrogens with zero attached hydrogens (tertiary/aromatic N) is 3. The van der Waals surface area contributed by atoms with Crippen LogP contribution in [0.3, 0.4) is 0 Å². The second-order valence-corrected chi connectivity index (χ2v) is 7.71. The van der Waals surface area contributed by atoms with E-state index in [0.717, 1.165) is 5.82 Å². The Morgan fingerprint density at radius 3 is 2.34 bits per heavy atom. The van der Waals surface area contributed by atoms with E-state index >= 15 is 0 Å². The van der Waals surface area contributed by atoms with Crippen molar-refractivity contribution in [2.75, 3.05) is 43.0 Å². The molecule has 1 amide bonds. The molecule has 0 spiro atoms. The van der Waals surface area contributed by atoms with E-state index in [4.69, 9.17) is 4.74 Å². The van der Waals surface area contributed by atoms with Crippen molar-refractivity contribution in [2.24, 2.45) is 0 Å². The van der Waals surface area contributed by atoms with Crippen molar-refractivity contribution in [2.45, 2.75) is 6.61 Å². The number of esters is 1. The van der Waals surface area contributed by atoms with Crippen LogP contribution in [0.15, 0.2) is 72.9 Å². The quantitative estimate of drug-likeness (QED) is 0.487. The van der Waals surface area contributed by atoms with Gasteiger partial charge in [0, 0.05) is 38.1 Å². The number of carbonyl (C=O) groups excluding carboxylic acids is 2. The van der Waals surface area contributed by atoms with Gasteiger partial charge in [-0.15, -0.1) is 0 Å². The molecule has 0 unspecified atom stereocenters. The first-order chi connectivity index (χ1) is 17.0. The Balaban J connectivity index is 1.30. The van der Waals surface area contributed by atoms with Gasteiger partial charge in [0.05, 0.1) is 11.3 Å². The number of hydrogen-bond donors (Lipinski definition) is 1. The molecule has 1 saturated heterocycles. The first-order valence-electron chi connectivity index (χ1n) is 11.0. The lowest BCUT2D eigenvalue weighted by Crippen LogP contribution is -2.50. The predicted octanol–water partition coefficient (Wildman–Crippen LogP) is 3.93. The second-order valence-electron chi connectivity index (χ2n) is 7.71. The number of nitrogens with one attached hydrogen (secondary N) is 1. The molecule has 2 aromatic carbocycles. The number of alkyl halides is 2. The summed E-state index contributed by atoms with van der Waals surface area (Å²) in [6.07, 6.45) is 1.73. The van der Waals surface area contributed by atoms with Crippen molar-refractivity contribution < 1.29 is 27.8 Å². The van der Waals surface area contributed by atoms with Crippen LogP contribution in [0.4, 0.5) is 26.0 Å². The molecule has 1 fully saturated rings. The molecule has 1 N–H and O–H groups in total. The average molecular weight is 482 g/mol. The number of hydrogen-bond acceptors (Lipinski definition) is 7. The molecule has 1 aliphatic rings. The van der Waals surface area contributed by atoms with Gasteiger partial charge in [-0.05, 0) is 48.5 Å². The SMILES string of the molecule is O=C(OCC(=O)N1CCN(c2ccccn2)CC1)c1ccccc1Nc1ccc(OC(F)F)cc1. The topological polar surface area (TPSA) is 84.0 Å². The third kappa shape index (κ3) is 6.44. The molecule has 3 aromatic rings. The Kier molecular flexibility index (Phi) is 7.71. The fourth-order valence-electron chi connectivity index (χ4n) is 3.67. The monoisotopic (exact) mass is 482 g/mol. The summed E-state index contributed by atoms with van der Waals surface area (Å²) in [6, 6.07) is 18.3. The van der Waals surface area contributed by atoms with Gasteiger partial charge in [0.25, 0.3) is 5.91 Å². The maximum Gasteiger partial charge on any atom is 0.387 e. The maximum atomic E-state index is 12.7. The third-order valence-corrected chi connectivity index (χ3v) is 5.44. The van der Waals surface area contributed by atoms with Crippen molar-refractivity contribution in [1.82, 2.24) is 9.88 Å². The highest BCUT2D eigenvalue weighted by molar-refractivity contribution is 5.97. The van der Waals surface area contributed by atoms with Crippen LogP contribution in [0.5, 0.6) is 5.75 Å². The first-order valence-corrected chi connectivity index (χ1v) is 11.0. The summed E-state index contributed by atoms with van der Waals surface area (Å²) in [6.45, 7) is -0.963. The number of benzene rings is 2. The van der Waals surface area contributed by atoms with Crippen LogP contribution in [0.25, 0.3) is 0 Å². The van der Waals surface area contributed by atoms with Gasteiger partial charge in [-0.2, -0.15) is 8.78 Å². The summed E-state index contributed by atoms with van der Waals surface area (Å²) in [7, 11) is 0. The third-order valence-electron chi connectivity index (χ3n) is 5.44. The summed E-state index contributed by atoms with van der Waals surface area (Å²) in [5.41, 5.74) is 1.26. The fourth-order valence-corrected chi connectivity index (χ4v) is 3.67. The molecular weight excluding hydrogens is 458 g/mol. The molecule has 35 heavy (non-hydrogen) atoms. The largest absolute Gasteiger partial charge is 0.452 e. The lowest BCUT2D eigenvalue weighted by molar-refractivity contribution is -0.134. The fraction of sp³-hybridized carbons (Fsp3) is 0.240. The van der Waals surface area contributed by atoms with Crippen LogP contribution < -0.4 is 15.0 Å². The Labute approximate surface area is 201 Å². The standard InChI is InChI=1S/C25H24F2N4O4/c26-25(27)35-19-10-8-18(9-11-19)29-21-6-2-1-5-20(21)24(33)34-17-23(32)31-15-13-30(14-16-31)22-7-3-4-12-28-22/h1-12,25,29H,13-17H2. The highest BCUT2D eigenvalue weighted by Crippen LogP contribution is 2.24. The number of para-hydroxylation sites is 1. The zero-order valence-electron chi connectivity index (χ0n) is 18.8. The Bertz CT molecular complexity index is 1140. The van der Waals surface area contributed by atoms with E-state index in [2.05, 4.69) is 19.9 Å². The molecule has 0 aliphatic carbocycles. The molecule has 4 rings (SSSR count). The summed E-state index contributed by atoms with van der Waals surface area (Å²) in [5, 5.41) is 3.05. The van der Waals surface area contributed by atoms with Crippen LogP contribution in [0.1, 0.15) is 10.4 Å². The molecular formula is C25H24F2N4O4. The van der Waals surface area contributed by atoms with Gasteiger partial charge in [-0.25, -0.2) is 9.78 Å². The zero-order valence-corrected chi connectivity index (χ0v) is 18.8. The Hall–Kier alpha value is -4.21. The molecule has 0 saturated carbocycles. The Morgan fingerprint density at radius 1 is 0.943 bits per heavy atom. The second kappa shape index (κ2) is 11.3. The first kappa shape index (κ1) is 23.9. The summed E-state index contributed by atoms with van der Waals surface area (Å²) < 4.78 is 34.3. The highest BCUT2D eigenvalue weighted by atomic mass is 19.3. The smallest absolute Gasteiger partial charge is 0.387 e. The van der Waals surface area contributed by atoms with Gasteiger partial charge in [0.1, 0.15) is 11.6 Å². The van der Waals surface area contributed by atoms with Crippen LogP contribution in [-0.4, -0.2) is 61.2 Å². The van der Waals surface area contributed by atoms with E-state index in [0.29, 0.717) is 37.6 Å². The summed E-state index contributed by atoms with van der Waals surface area (Å²) in [5.74, 6) is -0.0192. The number of halogens is 2. The highest BCUT2D eigenvalue weighted by Gasteiger charge is 2.23. The number of ether oxygens (including phenoxy) is 2. The molecule has 0 radical (unpaired) electrons. The van der Waals surface area contributed by atoms with Gasteiger partial charge in [0.2, 0.25) is 0 Å².